The lowest BCUT2D eigenvalue weighted by atomic mass is 10.1. The molecule has 1 aromatic rings. The van der Waals surface area contributed by atoms with Gasteiger partial charge < -0.3 is 20.9 Å². The fraction of sp³-hybridized carbons (Fsp3) is 0.417. The van der Waals surface area contributed by atoms with Gasteiger partial charge in [0.05, 0.1) is 18.8 Å². The van der Waals surface area contributed by atoms with Gasteiger partial charge in [0, 0.05) is 6.07 Å². The number of phenols is 1. The molecule has 0 fully saturated rings. The minimum Gasteiger partial charge on any atom is -0.506 e. The van der Waals surface area contributed by atoms with E-state index in [0.29, 0.717) is 17.9 Å². The molecule has 1 unspecified atom stereocenters. The molecule has 1 rings (SSSR count). The molecule has 17 heavy (non-hydrogen) atoms. The summed E-state index contributed by atoms with van der Waals surface area (Å²) in [6.07, 6.45) is 1.44. The molecule has 0 saturated carbocycles. The summed E-state index contributed by atoms with van der Waals surface area (Å²) in [5, 5.41) is 12.2. The van der Waals surface area contributed by atoms with Gasteiger partial charge >= 0.3 is 0 Å². The molecule has 1 atom stereocenters. The monoisotopic (exact) mass is 238 g/mol. The van der Waals surface area contributed by atoms with Gasteiger partial charge in [-0.2, -0.15) is 0 Å². The summed E-state index contributed by atoms with van der Waals surface area (Å²) in [7, 11) is 1.51. The minimum atomic E-state index is -0.564. The summed E-state index contributed by atoms with van der Waals surface area (Å²) in [5.74, 6) is 0.236. The van der Waals surface area contributed by atoms with Crippen LogP contribution in [0.15, 0.2) is 18.2 Å². The first kappa shape index (κ1) is 13.3. The number of aromatic hydroxyl groups is 1. The molecule has 0 radical (unpaired) electrons. The first-order valence-corrected chi connectivity index (χ1v) is 5.52. The number of methoxy groups -OCH3 is 1. The van der Waals surface area contributed by atoms with Crippen LogP contribution in [0.4, 0.5) is 5.69 Å². The smallest absolute Gasteiger partial charge is 0.241 e. The highest BCUT2D eigenvalue weighted by Gasteiger charge is 2.14. The second-order valence-corrected chi connectivity index (χ2v) is 3.77. The van der Waals surface area contributed by atoms with Gasteiger partial charge in [-0.15, -0.1) is 0 Å². The highest BCUT2D eigenvalue weighted by Crippen LogP contribution is 2.27. The number of amides is 1. The Kier molecular flexibility index (Phi) is 4.78. The van der Waals surface area contributed by atoms with E-state index < -0.39 is 6.04 Å². The molecule has 94 valence electrons. The fourth-order valence-corrected chi connectivity index (χ4v) is 1.41. The Morgan fingerprint density at radius 1 is 1.59 bits per heavy atom. The molecular formula is C12H18N2O3. The SMILES string of the molecule is CCCC(N)C(=O)Nc1cc(OC)ccc1O. The molecule has 0 aliphatic rings. The third-order valence-electron chi connectivity index (χ3n) is 2.40. The molecule has 5 nitrogen and oxygen atoms in total. The van der Waals surface area contributed by atoms with E-state index in [1.807, 2.05) is 6.92 Å². The summed E-state index contributed by atoms with van der Waals surface area (Å²) in [5.41, 5.74) is 5.98. The number of rotatable bonds is 5. The number of benzene rings is 1. The molecule has 0 aromatic heterocycles. The molecule has 0 heterocycles. The van der Waals surface area contributed by atoms with Gasteiger partial charge in [0.1, 0.15) is 11.5 Å². The molecule has 0 bridgehead atoms. The lowest BCUT2D eigenvalue weighted by Crippen LogP contribution is -2.35. The van der Waals surface area contributed by atoms with Crippen LogP contribution in [0.2, 0.25) is 0 Å². The van der Waals surface area contributed by atoms with E-state index in [0.717, 1.165) is 6.42 Å². The predicted octanol–water partition coefficient (Wildman–Crippen LogP) is 1.47. The first-order valence-electron chi connectivity index (χ1n) is 5.52. The van der Waals surface area contributed by atoms with Crippen molar-refractivity contribution in [2.24, 2.45) is 5.73 Å². The molecule has 0 aliphatic carbocycles. The molecule has 0 spiro atoms. The molecule has 4 N–H and O–H groups in total. The number of hydrogen-bond acceptors (Lipinski definition) is 4. The number of nitrogens with one attached hydrogen (secondary N) is 1. The van der Waals surface area contributed by atoms with E-state index in [2.05, 4.69) is 5.32 Å². The van der Waals surface area contributed by atoms with Gasteiger partial charge in [0.2, 0.25) is 5.91 Å². The molecule has 1 amide bonds. The van der Waals surface area contributed by atoms with Crippen LogP contribution in [0, 0.1) is 0 Å². The number of hydrogen-bond donors (Lipinski definition) is 3. The van der Waals surface area contributed by atoms with Gasteiger partial charge in [-0.1, -0.05) is 13.3 Å². The van der Waals surface area contributed by atoms with Crippen molar-refractivity contribution in [2.75, 3.05) is 12.4 Å². The fourth-order valence-electron chi connectivity index (χ4n) is 1.41. The maximum absolute atomic E-state index is 11.7. The van der Waals surface area contributed by atoms with Crippen molar-refractivity contribution in [1.82, 2.24) is 0 Å². The second kappa shape index (κ2) is 6.10. The minimum absolute atomic E-state index is 0.0113. The van der Waals surface area contributed by atoms with E-state index >= 15 is 0 Å². The Balaban J connectivity index is 2.76. The van der Waals surface area contributed by atoms with Crippen molar-refractivity contribution >= 4 is 11.6 Å². The highest BCUT2D eigenvalue weighted by molar-refractivity contribution is 5.96. The largest absolute Gasteiger partial charge is 0.506 e. The molecular weight excluding hydrogens is 220 g/mol. The van der Waals surface area contributed by atoms with Crippen LogP contribution in [0.1, 0.15) is 19.8 Å². The average Bonchev–Trinajstić information content (AvgIpc) is 2.32. The number of ether oxygens (including phenoxy) is 1. The van der Waals surface area contributed by atoms with Crippen molar-refractivity contribution in [2.45, 2.75) is 25.8 Å². The van der Waals surface area contributed by atoms with Gasteiger partial charge in [-0.25, -0.2) is 0 Å². The van der Waals surface area contributed by atoms with E-state index in [4.69, 9.17) is 10.5 Å². The van der Waals surface area contributed by atoms with Crippen molar-refractivity contribution < 1.29 is 14.6 Å². The third-order valence-corrected chi connectivity index (χ3v) is 2.40. The summed E-state index contributed by atoms with van der Waals surface area (Å²) in [4.78, 5) is 11.7. The van der Waals surface area contributed by atoms with Crippen LogP contribution in [0.3, 0.4) is 0 Å². The van der Waals surface area contributed by atoms with Crippen LogP contribution < -0.4 is 15.8 Å². The average molecular weight is 238 g/mol. The standard InChI is InChI=1S/C12H18N2O3/c1-3-4-9(13)12(16)14-10-7-8(17-2)5-6-11(10)15/h5-7,9,15H,3-4,13H2,1-2H3,(H,14,16). The van der Waals surface area contributed by atoms with E-state index in [-0.39, 0.29) is 11.7 Å². The topological polar surface area (TPSA) is 84.6 Å². The molecule has 5 heteroatoms. The number of nitrogens with two attached hydrogens (primary N) is 1. The molecule has 1 aromatic carbocycles. The van der Waals surface area contributed by atoms with Crippen LogP contribution in [0.25, 0.3) is 0 Å². The summed E-state index contributed by atoms with van der Waals surface area (Å²) >= 11 is 0. The Hall–Kier alpha value is -1.75. The van der Waals surface area contributed by atoms with Crippen molar-refractivity contribution in [1.29, 1.82) is 0 Å². The molecule has 0 aliphatic heterocycles. The number of carbonyl (C=O) groups excluding carboxylic acids is 1. The van der Waals surface area contributed by atoms with E-state index in [1.165, 1.54) is 13.2 Å². The Morgan fingerprint density at radius 2 is 2.29 bits per heavy atom. The van der Waals surface area contributed by atoms with Gasteiger partial charge in [-0.3, -0.25) is 4.79 Å². The predicted molar refractivity (Wildman–Crippen MR) is 66.2 cm³/mol. The number of carbonyl (C=O) groups is 1. The zero-order chi connectivity index (χ0) is 12.8. The maximum atomic E-state index is 11.7. The Labute approximate surface area is 101 Å². The van der Waals surface area contributed by atoms with E-state index in [9.17, 15) is 9.90 Å². The maximum Gasteiger partial charge on any atom is 0.241 e. The zero-order valence-electron chi connectivity index (χ0n) is 10.1. The lowest BCUT2D eigenvalue weighted by Gasteiger charge is -2.13. The second-order valence-electron chi connectivity index (χ2n) is 3.77. The third kappa shape index (κ3) is 3.64. The van der Waals surface area contributed by atoms with Crippen LogP contribution >= 0.6 is 0 Å². The van der Waals surface area contributed by atoms with Gasteiger partial charge in [0.25, 0.3) is 0 Å². The molecule has 0 saturated heterocycles. The van der Waals surface area contributed by atoms with Crippen molar-refractivity contribution in [3.8, 4) is 11.5 Å². The Morgan fingerprint density at radius 3 is 2.88 bits per heavy atom. The Bertz CT molecular complexity index is 393. The highest BCUT2D eigenvalue weighted by atomic mass is 16.5. The lowest BCUT2D eigenvalue weighted by molar-refractivity contribution is -0.117. The number of anilines is 1. The van der Waals surface area contributed by atoms with Gasteiger partial charge in [0.15, 0.2) is 0 Å². The van der Waals surface area contributed by atoms with Crippen LogP contribution in [0.5, 0.6) is 11.5 Å². The van der Waals surface area contributed by atoms with Crippen molar-refractivity contribution in [3.05, 3.63) is 18.2 Å². The van der Waals surface area contributed by atoms with Crippen LogP contribution in [-0.2, 0) is 4.79 Å². The first-order chi connectivity index (χ1) is 8.08. The quantitative estimate of drug-likeness (QED) is 0.678. The summed E-state index contributed by atoms with van der Waals surface area (Å²) < 4.78 is 5.01. The van der Waals surface area contributed by atoms with E-state index in [1.54, 1.807) is 12.1 Å². The zero-order valence-corrected chi connectivity index (χ0v) is 10.1. The normalized spacial score (nSPS) is 11.9. The number of phenolic OH excluding ortho intramolecular Hbond substituents is 1. The van der Waals surface area contributed by atoms with Crippen LogP contribution in [-0.4, -0.2) is 24.2 Å². The van der Waals surface area contributed by atoms with Crippen molar-refractivity contribution in [3.63, 3.8) is 0 Å². The summed E-state index contributed by atoms with van der Waals surface area (Å²) in [6, 6.07) is 4.05. The summed E-state index contributed by atoms with van der Waals surface area (Å²) in [6.45, 7) is 1.95. The van der Waals surface area contributed by atoms with Gasteiger partial charge in [-0.05, 0) is 18.6 Å².